The van der Waals surface area contributed by atoms with E-state index in [9.17, 15) is 36.6 Å². The van der Waals surface area contributed by atoms with E-state index in [0.29, 0.717) is 6.07 Å². The molecular weight excluding hydrogens is 493 g/mol. The highest BCUT2D eigenvalue weighted by Gasteiger charge is 2.40. The van der Waals surface area contributed by atoms with E-state index in [1.807, 2.05) is 0 Å². The quantitative estimate of drug-likeness (QED) is 0.281. The lowest BCUT2D eigenvalue weighted by Crippen LogP contribution is -2.60. The van der Waals surface area contributed by atoms with Gasteiger partial charge in [-0.3, -0.25) is 9.59 Å². The third-order valence-electron chi connectivity index (χ3n) is 4.60. The van der Waals surface area contributed by atoms with Crippen LogP contribution < -0.4 is 10.6 Å². The molecule has 4 N–H and O–H groups in total. The molecule has 0 radical (unpaired) electrons. The molecule has 2 atom stereocenters. The molecule has 1 aliphatic rings. The Balaban J connectivity index is 1.73. The lowest BCUT2D eigenvalue weighted by Gasteiger charge is -2.35. The molecule has 0 aliphatic carbocycles. The third-order valence-corrected chi connectivity index (χ3v) is 5.71. The van der Waals surface area contributed by atoms with Gasteiger partial charge in [-0.1, -0.05) is 12.2 Å². The van der Waals surface area contributed by atoms with Gasteiger partial charge in [-0.05, 0) is 12.1 Å². The van der Waals surface area contributed by atoms with Gasteiger partial charge in [0.15, 0.2) is 5.13 Å². The summed E-state index contributed by atoms with van der Waals surface area (Å²) in [5, 5.41) is 23.4. The number of carbonyl (C=O) groups excluding carboxylic acids is 2. The van der Waals surface area contributed by atoms with Crippen LogP contribution >= 0.6 is 23.6 Å². The van der Waals surface area contributed by atoms with Crippen LogP contribution in [0.5, 0.6) is 0 Å². The number of aliphatic hydroxyl groups excluding tert-OH is 1. The zero-order valence-electron chi connectivity index (χ0n) is 16.5. The molecule has 0 spiro atoms. The maximum atomic E-state index is 14.3. The van der Waals surface area contributed by atoms with E-state index >= 15 is 0 Å². The minimum atomic E-state index is -5.26. The normalized spacial score (nSPS) is 18.8. The fourth-order valence-electron chi connectivity index (χ4n) is 2.95. The maximum absolute atomic E-state index is 14.3. The summed E-state index contributed by atoms with van der Waals surface area (Å²) in [5.74, 6) is -6.35. The molecule has 1 aliphatic heterocycles. The van der Waals surface area contributed by atoms with Crippen molar-refractivity contribution in [3.05, 3.63) is 34.7 Å². The Bertz CT molecular complexity index is 1150. The number of thiazole rings is 1. The van der Waals surface area contributed by atoms with Crippen LogP contribution in [0.3, 0.4) is 0 Å². The van der Waals surface area contributed by atoms with Gasteiger partial charge in [-0.2, -0.15) is 13.2 Å². The van der Waals surface area contributed by atoms with E-state index in [4.69, 9.17) is 17.6 Å². The molecule has 15 heteroatoms. The maximum Gasteiger partial charge on any atom is 0.422 e. The highest BCUT2D eigenvalue weighted by atomic mass is 32.1. The second-order valence-electron chi connectivity index (χ2n) is 6.83. The number of aliphatic hydroxyl groups is 1. The second kappa shape index (κ2) is 9.07. The summed E-state index contributed by atoms with van der Waals surface area (Å²) in [6, 6.07) is 1.26. The Morgan fingerprint density at radius 3 is 2.70 bits per heavy atom. The number of hydrogen-bond donors (Lipinski definition) is 4. The highest BCUT2D eigenvalue weighted by molar-refractivity contribution is 7.80. The Morgan fingerprint density at radius 2 is 2.06 bits per heavy atom. The summed E-state index contributed by atoms with van der Waals surface area (Å²) in [6.07, 6.45) is -7.20. The molecule has 2 amide bonds. The lowest BCUT2D eigenvalue weighted by atomic mass is 9.97. The number of halogens is 5. The number of alkyl halides is 3. The van der Waals surface area contributed by atoms with Gasteiger partial charge in [0.2, 0.25) is 18.2 Å². The molecule has 0 bridgehead atoms. The molecule has 2 unspecified atom stereocenters. The summed E-state index contributed by atoms with van der Waals surface area (Å²) in [6.45, 7) is 0. The number of anilines is 1. The van der Waals surface area contributed by atoms with Crippen molar-refractivity contribution in [2.45, 2.75) is 18.9 Å². The fraction of sp³-hybridized carbons (Fsp3) is 0.278. The van der Waals surface area contributed by atoms with Crippen LogP contribution in [0.4, 0.5) is 27.1 Å². The van der Waals surface area contributed by atoms with E-state index in [1.54, 1.807) is 0 Å². The average Bonchev–Trinajstić information content (AvgIpc) is 3.13. The number of aromatic nitrogens is 1. The van der Waals surface area contributed by atoms with Crippen molar-refractivity contribution in [2.24, 2.45) is 5.92 Å². The fourth-order valence-corrected chi connectivity index (χ4v) is 4.03. The van der Waals surface area contributed by atoms with Crippen LogP contribution in [0, 0.1) is 23.0 Å². The zero-order valence-corrected chi connectivity index (χ0v) is 18.1. The molecule has 0 saturated carbocycles. The van der Waals surface area contributed by atoms with Gasteiger partial charge in [0.1, 0.15) is 23.1 Å². The minimum Gasteiger partial charge on any atom is -0.356 e. The first-order valence-electron chi connectivity index (χ1n) is 8.94. The SMILES string of the molecule is CN1C(=O)C(C(=N)CC(=O)Nc2nc(-c3ccc(F)c(C(F)(F)F)c3F)cs2)C(=S)NC1O. The Kier molecular flexibility index (Phi) is 6.76. The van der Waals surface area contributed by atoms with Crippen molar-refractivity contribution in [1.29, 1.82) is 5.41 Å². The van der Waals surface area contributed by atoms with Crippen LogP contribution in [0.2, 0.25) is 0 Å². The third kappa shape index (κ3) is 4.99. The van der Waals surface area contributed by atoms with Crippen molar-refractivity contribution >= 4 is 51.2 Å². The van der Waals surface area contributed by atoms with Crippen molar-refractivity contribution in [1.82, 2.24) is 15.2 Å². The van der Waals surface area contributed by atoms with Gasteiger partial charge >= 0.3 is 6.18 Å². The van der Waals surface area contributed by atoms with Crippen molar-refractivity contribution in [3.63, 3.8) is 0 Å². The van der Waals surface area contributed by atoms with E-state index in [2.05, 4.69) is 15.6 Å². The number of thiocarbonyl (C=S) groups is 1. The van der Waals surface area contributed by atoms with Gasteiger partial charge in [-0.15, -0.1) is 11.3 Å². The van der Waals surface area contributed by atoms with Crippen LogP contribution in [0.25, 0.3) is 11.3 Å². The first-order chi connectivity index (χ1) is 15.3. The molecule has 1 aromatic carbocycles. The van der Waals surface area contributed by atoms with Crippen LogP contribution in [0.1, 0.15) is 12.0 Å². The molecule has 1 saturated heterocycles. The number of hydrogen-bond acceptors (Lipinski definition) is 7. The molecule has 3 rings (SSSR count). The largest absolute Gasteiger partial charge is 0.422 e. The van der Waals surface area contributed by atoms with Crippen LogP contribution in [-0.2, 0) is 15.8 Å². The first kappa shape index (κ1) is 24.6. The lowest BCUT2D eigenvalue weighted by molar-refractivity contribution is -0.143. The van der Waals surface area contributed by atoms with Gasteiger partial charge in [0.25, 0.3) is 0 Å². The van der Waals surface area contributed by atoms with E-state index in [-0.39, 0.29) is 21.5 Å². The van der Waals surface area contributed by atoms with Crippen molar-refractivity contribution < 1.29 is 36.6 Å². The predicted molar refractivity (Wildman–Crippen MR) is 111 cm³/mol. The van der Waals surface area contributed by atoms with E-state index in [0.717, 1.165) is 27.7 Å². The van der Waals surface area contributed by atoms with E-state index in [1.165, 1.54) is 7.05 Å². The van der Waals surface area contributed by atoms with Crippen molar-refractivity contribution in [2.75, 3.05) is 12.4 Å². The van der Waals surface area contributed by atoms with Crippen LogP contribution in [-0.4, -0.2) is 50.9 Å². The second-order valence-corrected chi connectivity index (χ2v) is 8.13. The van der Waals surface area contributed by atoms with Gasteiger partial charge < -0.3 is 26.0 Å². The number of nitrogens with one attached hydrogen (secondary N) is 3. The molecule has 2 aromatic rings. The summed E-state index contributed by atoms with van der Waals surface area (Å²) < 4.78 is 66.6. The molecular formula is C18H14F5N5O3S2. The molecule has 33 heavy (non-hydrogen) atoms. The first-order valence-corrected chi connectivity index (χ1v) is 10.2. The molecule has 1 aromatic heterocycles. The molecule has 8 nitrogen and oxygen atoms in total. The Morgan fingerprint density at radius 1 is 1.39 bits per heavy atom. The zero-order chi connectivity index (χ0) is 24.7. The topological polar surface area (TPSA) is 118 Å². The summed E-state index contributed by atoms with van der Waals surface area (Å²) in [7, 11) is 1.28. The standard InChI is InChI=1S/C18H14F5N5O3S2/c1-28-15(30)11(14(32)27-17(28)31)8(24)4-10(29)26-16-25-9(5-33-16)6-2-3-7(19)12(13(6)20)18(21,22)23/h2-3,5,11,17,24,31H,4H2,1H3,(H,27,32)(H,25,26,29). The molecule has 176 valence electrons. The predicted octanol–water partition coefficient (Wildman–Crippen LogP) is 2.74. The van der Waals surface area contributed by atoms with Crippen molar-refractivity contribution in [3.8, 4) is 11.3 Å². The molecule has 1 fully saturated rings. The number of rotatable bonds is 5. The van der Waals surface area contributed by atoms with Gasteiger partial charge in [-0.25, -0.2) is 13.8 Å². The Hall–Kier alpha value is -3.04. The summed E-state index contributed by atoms with van der Waals surface area (Å²) in [5.41, 5.74) is -3.30. The number of nitrogens with zero attached hydrogens (tertiary/aromatic N) is 2. The number of amides is 2. The smallest absolute Gasteiger partial charge is 0.356 e. The summed E-state index contributed by atoms with van der Waals surface area (Å²) >= 11 is 5.73. The monoisotopic (exact) mass is 507 g/mol. The molecule has 2 heterocycles. The van der Waals surface area contributed by atoms with Crippen LogP contribution in [0.15, 0.2) is 17.5 Å². The minimum absolute atomic E-state index is 0.122. The van der Waals surface area contributed by atoms with Gasteiger partial charge in [0, 0.05) is 23.7 Å². The van der Waals surface area contributed by atoms with E-state index < -0.39 is 59.4 Å². The average molecular weight is 507 g/mol. The summed E-state index contributed by atoms with van der Waals surface area (Å²) in [4.78, 5) is 29.1. The highest BCUT2D eigenvalue weighted by Crippen LogP contribution is 2.38. The number of carbonyl (C=O) groups is 2. The Labute approximate surface area is 191 Å². The van der Waals surface area contributed by atoms with Gasteiger partial charge in [0.05, 0.1) is 17.1 Å². The number of benzene rings is 1.